The van der Waals surface area contributed by atoms with Crippen molar-refractivity contribution >= 4 is 12.0 Å². The molecular weight excluding hydrogens is 382 g/mol. The zero-order chi connectivity index (χ0) is 20.8. The van der Waals surface area contributed by atoms with Crippen molar-refractivity contribution in [1.82, 2.24) is 20.2 Å². The van der Waals surface area contributed by atoms with Crippen LogP contribution in [0.5, 0.6) is 0 Å². The second-order valence-electron chi connectivity index (χ2n) is 6.87. The Morgan fingerprint density at radius 3 is 2.93 bits per heavy atom. The summed E-state index contributed by atoms with van der Waals surface area (Å²) in [7, 11) is 1.35. The number of benzene rings is 1. The first-order valence-electron chi connectivity index (χ1n) is 9.60. The largest absolute Gasteiger partial charge is 0.469 e. The van der Waals surface area contributed by atoms with Gasteiger partial charge >= 0.3 is 12.0 Å². The number of hydrogen-bond donors (Lipinski definition) is 2. The molecule has 29 heavy (non-hydrogen) atoms. The van der Waals surface area contributed by atoms with Gasteiger partial charge < -0.3 is 19.9 Å². The third-order valence-electron chi connectivity index (χ3n) is 5.02. The summed E-state index contributed by atoms with van der Waals surface area (Å²) in [6.07, 6.45) is 4.54. The van der Waals surface area contributed by atoms with E-state index < -0.39 is 17.7 Å². The molecule has 0 aliphatic carbocycles. The van der Waals surface area contributed by atoms with Crippen LogP contribution in [-0.2, 0) is 16.0 Å². The van der Waals surface area contributed by atoms with Gasteiger partial charge in [-0.05, 0) is 18.9 Å². The third kappa shape index (κ3) is 4.72. The SMILES string of the molecule is COC(=O)CCCCCNC(=O)N1CCc2[nH]cnc2[C@@H]1c1cccc(F)c1F. The number of halogens is 2. The maximum atomic E-state index is 14.5. The van der Waals surface area contributed by atoms with Gasteiger partial charge in [0.25, 0.3) is 0 Å². The molecular formula is C20H24F2N4O3. The van der Waals surface area contributed by atoms with E-state index in [0.29, 0.717) is 44.5 Å². The number of fused-ring (bicyclic) bond motifs is 1. The monoisotopic (exact) mass is 406 g/mol. The van der Waals surface area contributed by atoms with E-state index in [1.54, 1.807) is 0 Å². The number of hydrogen-bond acceptors (Lipinski definition) is 4. The van der Waals surface area contributed by atoms with E-state index in [9.17, 15) is 18.4 Å². The number of carbonyl (C=O) groups excluding carboxylic acids is 2. The minimum Gasteiger partial charge on any atom is -0.469 e. The number of imidazole rings is 1. The molecule has 1 aromatic carbocycles. The molecule has 1 aliphatic rings. The van der Waals surface area contributed by atoms with Crippen molar-refractivity contribution in [2.45, 2.75) is 38.1 Å². The van der Waals surface area contributed by atoms with Crippen molar-refractivity contribution in [3.05, 3.63) is 53.1 Å². The van der Waals surface area contributed by atoms with Crippen LogP contribution in [0.15, 0.2) is 24.5 Å². The molecule has 3 rings (SSSR count). The van der Waals surface area contributed by atoms with E-state index in [1.807, 2.05) is 0 Å². The summed E-state index contributed by atoms with van der Waals surface area (Å²) in [5, 5.41) is 2.83. The number of ether oxygens (including phenoxy) is 1. The Morgan fingerprint density at radius 1 is 1.31 bits per heavy atom. The van der Waals surface area contributed by atoms with Crippen molar-refractivity contribution in [2.24, 2.45) is 0 Å². The van der Waals surface area contributed by atoms with Gasteiger partial charge in [0.05, 0.1) is 19.1 Å². The Morgan fingerprint density at radius 2 is 2.14 bits per heavy atom. The maximum Gasteiger partial charge on any atom is 0.318 e. The zero-order valence-electron chi connectivity index (χ0n) is 16.2. The van der Waals surface area contributed by atoms with Gasteiger partial charge in [-0.1, -0.05) is 18.6 Å². The average Bonchev–Trinajstić information content (AvgIpc) is 3.20. The summed E-state index contributed by atoms with van der Waals surface area (Å²) in [6, 6.07) is 2.78. The summed E-state index contributed by atoms with van der Waals surface area (Å²) in [6.45, 7) is 0.770. The first-order chi connectivity index (χ1) is 14.0. The van der Waals surface area contributed by atoms with E-state index in [0.717, 1.165) is 18.2 Å². The molecule has 0 saturated heterocycles. The summed E-state index contributed by atoms with van der Waals surface area (Å²) < 4.78 is 32.9. The second kappa shape index (κ2) is 9.49. The number of rotatable bonds is 7. The molecule has 1 aromatic heterocycles. The highest BCUT2D eigenvalue weighted by molar-refractivity contribution is 5.75. The van der Waals surface area contributed by atoms with Gasteiger partial charge in [-0.15, -0.1) is 0 Å². The number of amides is 2. The summed E-state index contributed by atoms with van der Waals surface area (Å²) in [5.74, 6) is -2.19. The molecule has 2 amide bonds. The van der Waals surface area contributed by atoms with E-state index in [1.165, 1.54) is 30.5 Å². The minimum absolute atomic E-state index is 0.0753. The van der Waals surface area contributed by atoms with E-state index >= 15 is 0 Å². The number of aromatic amines is 1. The van der Waals surface area contributed by atoms with Gasteiger partial charge in [0.2, 0.25) is 0 Å². The maximum absolute atomic E-state index is 14.5. The first-order valence-corrected chi connectivity index (χ1v) is 9.60. The highest BCUT2D eigenvalue weighted by atomic mass is 19.2. The van der Waals surface area contributed by atoms with Crippen molar-refractivity contribution < 1.29 is 23.1 Å². The molecule has 1 aliphatic heterocycles. The summed E-state index contributed by atoms with van der Waals surface area (Å²) >= 11 is 0. The van der Waals surface area contributed by atoms with Crippen molar-refractivity contribution in [3.8, 4) is 0 Å². The van der Waals surface area contributed by atoms with Crippen LogP contribution in [-0.4, -0.2) is 47.1 Å². The van der Waals surface area contributed by atoms with Gasteiger partial charge in [0, 0.05) is 37.2 Å². The molecule has 7 nitrogen and oxygen atoms in total. The molecule has 0 unspecified atom stereocenters. The molecule has 2 aromatic rings. The van der Waals surface area contributed by atoms with Gasteiger partial charge in [-0.2, -0.15) is 0 Å². The van der Waals surface area contributed by atoms with E-state index in [2.05, 4.69) is 20.0 Å². The van der Waals surface area contributed by atoms with Crippen LogP contribution in [0.1, 0.15) is 48.7 Å². The molecule has 0 spiro atoms. The average molecular weight is 406 g/mol. The number of esters is 1. The Balaban J connectivity index is 1.66. The summed E-state index contributed by atoms with van der Waals surface area (Å²) in [5.41, 5.74) is 1.41. The van der Waals surface area contributed by atoms with Crippen LogP contribution in [0, 0.1) is 11.6 Å². The predicted octanol–water partition coefficient (Wildman–Crippen LogP) is 3.08. The van der Waals surface area contributed by atoms with Crippen molar-refractivity contribution in [2.75, 3.05) is 20.2 Å². The lowest BCUT2D eigenvalue weighted by molar-refractivity contribution is -0.140. The number of nitrogens with one attached hydrogen (secondary N) is 2. The Hall–Kier alpha value is -2.97. The topological polar surface area (TPSA) is 87.3 Å². The normalized spacial score (nSPS) is 15.7. The first kappa shape index (κ1) is 20.8. The second-order valence-corrected chi connectivity index (χ2v) is 6.87. The fourth-order valence-corrected chi connectivity index (χ4v) is 3.51. The quantitative estimate of drug-likeness (QED) is 0.547. The van der Waals surface area contributed by atoms with Crippen LogP contribution in [0.4, 0.5) is 13.6 Å². The lowest BCUT2D eigenvalue weighted by Crippen LogP contribution is -2.46. The van der Waals surface area contributed by atoms with Gasteiger partial charge in [-0.3, -0.25) is 4.79 Å². The van der Waals surface area contributed by atoms with Crippen LogP contribution < -0.4 is 5.32 Å². The fourth-order valence-electron chi connectivity index (χ4n) is 3.51. The van der Waals surface area contributed by atoms with Crippen molar-refractivity contribution in [3.63, 3.8) is 0 Å². The highest BCUT2D eigenvalue weighted by Gasteiger charge is 2.36. The third-order valence-corrected chi connectivity index (χ3v) is 5.02. The molecule has 0 bridgehead atoms. The highest BCUT2D eigenvalue weighted by Crippen LogP contribution is 2.35. The van der Waals surface area contributed by atoms with Crippen LogP contribution in [0.3, 0.4) is 0 Å². The molecule has 2 heterocycles. The fraction of sp³-hybridized carbons (Fsp3) is 0.450. The lowest BCUT2D eigenvalue weighted by Gasteiger charge is -2.35. The molecule has 9 heteroatoms. The summed E-state index contributed by atoms with van der Waals surface area (Å²) in [4.78, 5) is 32.6. The Labute approximate surface area is 167 Å². The molecule has 0 fully saturated rings. The molecule has 0 radical (unpaired) electrons. The molecule has 2 N–H and O–H groups in total. The van der Waals surface area contributed by atoms with Gasteiger partial charge in [0.1, 0.15) is 6.04 Å². The van der Waals surface area contributed by atoms with Crippen molar-refractivity contribution in [1.29, 1.82) is 0 Å². The molecule has 0 saturated carbocycles. The number of carbonyl (C=O) groups is 2. The van der Waals surface area contributed by atoms with Gasteiger partial charge in [-0.25, -0.2) is 18.6 Å². The smallest absolute Gasteiger partial charge is 0.318 e. The van der Waals surface area contributed by atoms with E-state index in [4.69, 9.17) is 0 Å². The van der Waals surface area contributed by atoms with E-state index in [-0.39, 0.29) is 17.6 Å². The standard InChI is InChI=1S/C20H24F2N4O3/c1-29-16(27)8-3-2-4-10-23-20(28)26-11-9-15-18(25-12-24-15)19(26)13-6-5-7-14(21)17(13)22/h5-7,12,19H,2-4,8-11H2,1H3,(H,23,28)(H,24,25)/t19-/m0/s1. The van der Waals surface area contributed by atoms with Crippen LogP contribution in [0.2, 0.25) is 0 Å². The Kier molecular flexibility index (Phi) is 6.79. The van der Waals surface area contributed by atoms with Crippen LogP contribution >= 0.6 is 0 Å². The lowest BCUT2D eigenvalue weighted by atomic mass is 9.95. The Bertz CT molecular complexity index is 871. The number of unbranched alkanes of at least 4 members (excludes halogenated alkanes) is 2. The molecule has 156 valence electrons. The number of aromatic nitrogens is 2. The van der Waals surface area contributed by atoms with Crippen LogP contribution in [0.25, 0.3) is 0 Å². The number of methoxy groups -OCH3 is 1. The number of urea groups is 1. The number of H-pyrrole nitrogens is 1. The minimum atomic E-state index is -0.978. The predicted molar refractivity (Wildman–Crippen MR) is 101 cm³/mol. The zero-order valence-corrected chi connectivity index (χ0v) is 16.2. The van der Waals surface area contributed by atoms with Gasteiger partial charge in [0.15, 0.2) is 11.6 Å². The number of nitrogens with zero attached hydrogens (tertiary/aromatic N) is 2. The molecule has 1 atom stereocenters.